The third kappa shape index (κ3) is 8.61. The zero-order valence-corrected chi connectivity index (χ0v) is 18.1. The second-order valence-corrected chi connectivity index (χ2v) is 9.46. The molecule has 26 heavy (non-hydrogen) atoms. The van der Waals surface area contributed by atoms with Gasteiger partial charge in [-0.2, -0.15) is 0 Å². The number of rotatable bonds is 11. The monoisotopic (exact) mass is 403 g/mol. The Bertz CT molecular complexity index is 574. The lowest BCUT2D eigenvalue weighted by atomic mass is 10.2. The lowest BCUT2D eigenvalue weighted by molar-refractivity contribution is 0.421. The summed E-state index contributed by atoms with van der Waals surface area (Å²) < 4.78 is 0.983. The van der Waals surface area contributed by atoms with Crippen LogP contribution in [0.1, 0.15) is 50.2 Å². The van der Waals surface area contributed by atoms with Crippen LogP contribution in [-0.2, 0) is 13.1 Å². The summed E-state index contributed by atoms with van der Waals surface area (Å²) >= 11 is 5.76. The molecule has 0 aromatic heterocycles. The molecule has 0 unspecified atom stereocenters. The van der Waals surface area contributed by atoms with Crippen LogP contribution in [0.5, 0.6) is 0 Å². The quantitative estimate of drug-likeness (QED) is 0.219. The summed E-state index contributed by atoms with van der Waals surface area (Å²) in [6, 6.07) is 21.2. The molecular weight excluding hydrogens is 374 g/mol. The van der Waals surface area contributed by atoms with E-state index in [0.717, 1.165) is 17.4 Å². The van der Waals surface area contributed by atoms with Crippen molar-refractivity contribution in [1.82, 2.24) is 4.90 Å². The van der Waals surface area contributed by atoms with E-state index in [1.54, 1.807) is 10.8 Å². The topological polar surface area (TPSA) is 3.24 Å². The van der Waals surface area contributed by atoms with E-state index in [1.165, 1.54) is 49.0 Å². The number of nitrogens with zero attached hydrogens (tertiary/aromatic N) is 1. The van der Waals surface area contributed by atoms with Gasteiger partial charge < -0.3 is 4.90 Å². The first-order valence-corrected chi connectivity index (χ1v) is 12.2. The van der Waals surface area contributed by atoms with Gasteiger partial charge in [0, 0.05) is 18.8 Å². The van der Waals surface area contributed by atoms with E-state index in [2.05, 4.69) is 72.5 Å². The van der Waals surface area contributed by atoms with Crippen LogP contribution in [0, 0.1) is 0 Å². The van der Waals surface area contributed by atoms with Crippen LogP contribution < -0.4 is 0 Å². The fourth-order valence-corrected chi connectivity index (χ4v) is 5.23. The minimum Gasteiger partial charge on any atom is -0.348 e. The second-order valence-electron chi connectivity index (χ2n) is 6.41. The molecular formula is C22H29NS3. The molecule has 0 aliphatic carbocycles. The van der Waals surface area contributed by atoms with E-state index in [0.29, 0.717) is 0 Å². The van der Waals surface area contributed by atoms with Crippen LogP contribution in [0.25, 0.3) is 0 Å². The molecule has 0 aliphatic heterocycles. The smallest absolute Gasteiger partial charge is 0.147 e. The van der Waals surface area contributed by atoms with Gasteiger partial charge in [0.15, 0.2) is 0 Å². The van der Waals surface area contributed by atoms with Gasteiger partial charge >= 0.3 is 0 Å². The van der Waals surface area contributed by atoms with Gasteiger partial charge in [-0.3, -0.25) is 0 Å². The molecule has 1 nitrogen and oxygen atoms in total. The Balaban J connectivity index is 1.85. The molecule has 0 fully saturated rings. The molecule has 0 saturated carbocycles. The third-order valence-corrected chi connectivity index (χ3v) is 7.28. The standard InChI is InChI=1S/C22H29NS3/c1-2-3-4-5-12-17-25-26-22(24)23(18-20-13-8-6-9-14-20)19-21-15-10-7-11-16-21/h6-11,13-16H,2-5,12,17-19H2,1H3. The van der Waals surface area contributed by atoms with E-state index < -0.39 is 0 Å². The fraction of sp³-hybridized carbons (Fsp3) is 0.409. The van der Waals surface area contributed by atoms with E-state index >= 15 is 0 Å². The Hall–Kier alpha value is -0.970. The van der Waals surface area contributed by atoms with Crippen LogP contribution in [-0.4, -0.2) is 15.0 Å². The highest BCUT2D eigenvalue weighted by Crippen LogP contribution is 2.28. The van der Waals surface area contributed by atoms with Gasteiger partial charge in [0.2, 0.25) is 0 Å². The minimum atomic E-state index is 0.860. The molecule has 2 aromatic carbocycles. The molecule has 0 spiro atoms. The van der Waals surface area contributed by atoms with Crippen LogP contribution in [0.15, 0.2) is 60.7 Å². The van der Waals surface area contributed by atoms with E-state index in [9.17, 15) is 0 Å². The molecule has 0 atom stereocenters. The van der Waals surface area contributed by atoms with Gasteiger partial charge in [-0.25, -0.2) is 0 Å². The molecule has 0 amide bonds. The molecule has 0 saturated heterocycles. The van der Waals surface area contributed by atoms with Gasteiger partial charge in [0.1, 0.15) is 4.32 Å². The summed E-state index contributed by atoms with van der Waals surface area (Å²) in [4.78, 5) is 2.31. The molecule has 140 valence electrons. The van der Waals surface area contributed by atoms with Crippen molar-refractivity contribution in [2.24, 2.45) is 0 Å². The van der Waals surface area contributed by atoms with Gasteiger partial charge in [0.05, 0.1) is 0 Å². The predicted molar refractivity (Wildman–Crippen MR) is 124 cm³/mol. The Morgan fingerprint density at radius 2 is 1.35 bits per heavy atom. The first-order valence-electron chi connectivity index (χ1n) is 9.46. The molecule has 2 rings (SSSR count). The van der Waals surface area contributed by atoms with Crippen LogP contribution in [0.2, 0.25) is 0 Å². The largest absolute Gasteiger partial charge is 0.348 e. The summed E-state index contributed by atoms with van der Waals surface area (Å²) in [5.41, 5.74) is 2.60. The van der Waals surface area contributed by atoms with Crippen molar-refractivity contribution in [3.05, 3.63) is 71.8 Å². The van der Waals surface area contributed by atoms with Crippen molar-refractivity contribution >= 4 is 38.1 Å². The van der Waals surface area contributed by atoms with Crippen molar-refractivity contribution in [3.63, 3.8) is 0 Å². The Morgan fingerprint density at radius 3 is 1.88 bits per heavy atom. The van der Waals surface area contributed by atoms with E-state index in [4.69, 9.17) is 12.2 Å². The zero-order chi connectivity index (χ0) is 18.5. The van der Waals surface area contributed by atoms with Gasteiger partial charge in [-0.1, -0.05) is 116 Å². The van der Waals surface area contributed by atoms with Gasteiger partial charge in [0.25, 0.3) is 0 Å². The molecule has 0 bridgehead atoms. The average Bonchev–Trinajstić information content (AvgIpc) is 2.68. The number of thiocarbonyl (C=S) groups is 1. The lowest BCUT2D eigenvalue weighted by Crippen LogP contribution is -2.26. The normalized spacial score (nSPS) is 10.7. The maximum Gasteiger partial charge on any atom is 0.147 e. The van der Waals surface area contributed by atoms with Crippen molar-refractivity contribution < 1.29 is 0 Å². The first kappa shape index (κ1) is 21.3. The number of benzene rings is 2. The van der Waals surface area contributed by atoms with Crippen LogP contribution >= 0.6 is 33.8 Å². The van der Waals surface area contributed by atoms with Crippen LogP contribution in [0.3, 0.4) is 0 Å². The fourth-order valence-electron chi connectivity index (χ4n) is 2.70. The van der Waals surface area contributed by atoms with Gasteiger partial charge in [-0.15, -0.1) is 0 Å². The Morgan fingerprint density at radius 1 is 0.808 bits per heavy atom. The maximum atomic E-state index is 5.76. The summed E-state index contributed by atoms with van der Waals surface area (Å²) in [5, 5.41) is 0. The molecule has 0 aliphatic rings. The summed E-state index contributed by atoms with van der Waals surface area (Å²) in [7, 11) is 3.66. The average molecular weight is 404 g/mol. The lowest BCUT2D eigenvalue weighted by Gasteiger charge is -2.25. The second kappa shape index (κ2) is 13.2. The first-order chi connectivity index (χ1) is 12.8. The maximum absolute atomic E-state index is 5.76. The molecule has 0 heterocycles. The number of hydrogen-bond donors (Lipinski definition) is 0. The summed E-state index contributed by atoms with van der Waals surface area (Å²) in [6.45, 7) is 3.98. The molecule has 0 radical (unpaired) electrons. The third-order valence-electron chi connectivity index (χ3n) is 4.15. The molecule has 2 aromatic rings. The zero-order valence-electron chi connectivity index (χ0n) is 15.6. The summed E-state index contributed by atoms with van der Waals surface area (Å²) in [5.74, 6) is 1.18. The van der Waals surface area contributed by atoms with Crippen molar-refractivity contribution in [2.75, 3.05) is 5.75 Å². The van der Waals surface area contributed by atoms with E-state index in [1.807, 2.05) is 10.8 Å². The van der Waals surface area contributed by atoms with Crippen molar-refractivity contribution in [1.29, 1.82) is 0 Å². The Labute approximate surface area is 172 Å². The highest BCUT2D eigenvalue weighted by atomic mass is 33.1. The van der Waals surface area contributed by atoms with E-state index in [-0.39, 0.29) is 0 Å². The highest BCUT2D eigenvalue weighted by Gasteiger charge is 2.12. The highest BCUT2D eigenvalue weighted by molar-refractivity contribution is 8.83. The Kier molecular flexibility index (Phi) is 10.9. The van der Waals surface area contributed by atoms with Crippen molar-refractivity contribution in [2.45, 2.75) is 52.1 Å². The van der Waals surface area contributed by atoms with Crippen LogP contribution in [0.4, 0.5) is 0 Å². The van der Waals surface area contributed by atoms with Crippen molar-refractivity contribution in [3.8, 4) is 0 Å². The predicted octanol–water partition coefficient (Wildman–Crippen LogP) is 7.33. The van der Waals surface area contributed by atoms with Gasteiger partial charge in [-0.05, 0) is 28.3 Å². The number of unbranched alkanes of at least 4 members (excludes halogenated alkanes) is 4. The number of hydrogen-bond acceptors (Lipinski definition) is 3. The minimum absolute atomic E-state index is 0.860. The molecule has 4 heteroatoms. The summed E-state index contributed by atoms with van der Waals surface area (Å²) in [6.07, 6.45) is 6.65. The molecule has 0 N–H and O–H groups in total. The SMILES string of the molecule is CCCCCCCSSC(=S)N(Cc1ccccc1)Cc1ccccc1.